The molecule has 2 rings (SSSR count). The van der Waals surface area contributed by atoms with Crippen LogP contribution in [0.4, 0.5) is 0 Å². The molecule has 0 saturated heterocycles. The second-order valence-electron chi connectivity index (χ2n) is 3.37. The Balaban J connectivity index is 2.34. The van der Waals surface area contributed by atoms with Gasteiger partial charge in [0, 0.05) is 5.56 Å². The Morgan fingerprint density at radius 2 is 1.86 bits per heavy atom. The van der Waals surface area contributed by atoms with E-state index in [9.17, 15) is 5.11 Å². The van der Waals surface area contributed by atoms with Gasteiger partial charge < -0.3 is 9.84 Å². The minimum Gasteiger partial charge on any atom is -0.462 e. The molecule has 72 valence electrons. The Labute approximate surface area is 83.1 Å². The molecular weight excluding hydrogens is 176 g/mol. The average molecular weight is 188 g/mol. The van der Waals surface area contributed by atoms with Gasteiger partial charge in [-0.3, -0.25) is 0 Å². The van der Waals surface area contributed by atoms with Crippen LogP contribution in [0.25, 0.3) is 0 Å². The lowest BCUT2D eigenvalue weighted by molar-refractivity contribution is -0.135. The molecule has 0 aliphatic carbocycles. The first-order valence-electron chi connectivity index (χ1n) is 4.52. The highest BCUT2D eigenvalue weighted by atomic mass is 16.6. The van der Waals surface area contributed by atoms with Crippen molar-refractivity contribution in [2.45, 2.75) is 12.7 Å². The van der Waals surface area contributed by atoms with Gasteiger partial charge in [-0.1, -0.05) is 35.9 Å². The summed E-state index contributed by atoms with van der Waals surface area (Å²) in [6.45, 7) is 2.01. The highest BCUT2D eigenvalue weighted by Gasteiger charge is 2.27. The monoisotopic (exact) mass is 188 g/mol. The largest absolute Gasteiger partial charge is 0.462 e. The normalized spacial score (nSPS) is 24.7. The number of rotatable bonds is 1. The summed E-state index contributed by atoms with van der Waals surface area (Å²) in [6.07, 6.45) is 6.61. The predicted molar refractivity (Wildman–Crippen MR) is 54.4 cm³/mol. The molecule has 1 heterocycles. The molecule has 0 saturated carbocycles. The fraction of sp³-hybridized carbons (Fsp3) is 0.167. The van der Waals surface area contributed by atoms with E-state index >= 15 is 0 Å². The summed E-state index contributed by atoms with van der Waals surface area (Å²) in [5.41, 5.74) is 1.90. The summed E-state index contributed by atoms with van der Waals surface area (Å²) >= 11 is 0. The molecule has 1 N–H and O–H groups in total. The third-order valence-corrected chi connectivity index (χ3v) is 2.22. The predicted octanol–water partition coefficient (Wildman–Crippen LogP) is 2.24. The number of benzene rings is 1. The van der Waals surface area contributed by atoms with Crippen molar-refractivity contribution in [2.75, 3.05) is 0 Å². The Morgan fingerprint density at radius 1 is 1.14 bits per heavy atom. The van der Waals surface area contributed by atoms with Crippen molar-refractivity contribution in [3.05, 3.63) is 59.9 Å². The maximum atomic E-state index is 10.1. The Bertz CT molecular complexity index is 376. The minimum absolute atomic E-state index is 0.740. The number of aryl methyl sites for hydroxylation is 1. The molecule has 2 nitrogen and oxygen atoms in total. The van der Waals surface area contributed by atoms with E-state index in [4.69, 9.17) is 4.74 Å². The van der Waals surface area contributed by atoms with Crippen molar-refractivity contribution in [1.82, 2.24) is 0 Å². The van der Waals surface area contributed by atoms with E-state index in [1.807, 2.05) is 31.2 Å². The van der Waals surface area contributed by atoms with Crippen LogP contribution in [0.15, 0.2) is 48.8 Å². The maximum absolute atomic E-state index is 10.1. The van der Waals surface area contributed by atoms with Crippen molar-refractivity contribution in [3.8, 4) is 0 Å². The molecular formula is C12H12O2. The number of allylic oxidation sites excluding steroid dienone is 2. The number of hydrogen-bond donors (Lipinski definition) is 1. The first-order valence-corrected chi connectivity index (χ1v) is 4.52. The molecule has 0 amide bonds. The molecule has 1 aliphatic heterocycles. The van der Waals surface area contributed by atoms with Gasteiger partial charge in [0.25, 0.3) is 5.79 Å². The van der Waals surface area contributed by atoms with E-state index < -0.39 is 5.79 Å². The van der Waals surface area contributed by atoms with Crippen molar-refractivity contribution in [2.24, 2.45) is 0 Å². The first kappa shape index (κ1) is 9.03. The van der Waals surface area contributed by atoms with Crippen molar-refractivity contribution < 1.29 is 9.84 Å². The van der Waals surface area contributed by atoms with Crippen LogP contribution < -0.4 is 0 Å². The summed E-state index contributed by atoms with van der Waals surface area (Å²) in [6, 6.07) is 7.61. The van der Waals surface area contributed by atoms with Gasteiger partial charge in [-0.15, -0.1) is 0 Å². The second-order valence-corrected chi connectivity index (χ2v) is 3.37. The lowest BCUT2D eigenvalue weighted by Gasteiger charge is -2.25. The van der Waals surface area contributed by atoms with Crippen LogP contribution in [-0.4, -0.2) is 5.11 Å². The van der Waals surface area contributed by atoms with Gasteiger partial charge in [-0.2, -0.15) is 0 Å². The van der Waals surface area contributed by atoms with E-state index in [-0.39, 0.29) is 0 Å². The Hall–Kier alpha value is -1.54. The van der Waals surface area contributed by atoms with Gasteiger partial charge in [0.15, 0.2) is 0 Å². The fourth-order valence-corrected chi connectivity index (χ4v) is 1.37. The molecule has 0 aromatic heterocycles. The molecule has 0 spiro atoms. The molecule has 1 unspecified atom stereocenters. The van der Waals surface area contributed by atoms with Gasteiger partial charge in [0.2, 0.25) is 0 Å². The molecule has 0 fully saturated rings. The lowest BCUT2D eigenvalue weighted by Crippen LogP contribution is -2.25. The van der Waals surface area contributed by atoms with Gasteiger partial charge in [-0.05, 0) is 19.1 Å². The number of ether oxygens (including phenoxy) is 1. The zero-order valence-electron chi connectivity index (χ0n) is 7.97. The van der Waals surface area contributed by atoms with Gasteiger partial charge >= 0.3 is 0 Å². The van der Waals surface area contributed by atoms with Crippen LogP contribution in [0.1, 0.15) is 11.1 Å². The topological polar surface area (TPSA) is 29.5 Å². The van der Waals surface area contributed by atoms with Crippen molar-refractivity contribution in [1.29, 1.82) is 0 Å². The number of aliphatic hydroxyl groups is 1. The molecule has 1 aromatic carbocycles. The third-order valence-electron chi connectivity index (χ3n) is 2.22. The molecule has 14 heavy (non-hydrogen) atoms. The molecule has 1 aromatic rings. The van der Waals surface area contributed by atoms with Gasteiger partial charge in [-0.25, -0.2) is 0 Å². The summed E-state index contributed by atoms with van der Waals surface area (Å²) in [7, 11) is 0. The first-order chi connectivity index (χ1) is 6.71. The second kappa shape index (κ2) is 3.31. The standard InChI is InChI=1S/C12H12O2/c1-10-4-6-11(7-5-10)12(13)8-2-3-9-14-12/h2-9,13H,1H3. The summed E-state index contributed by atoms with van der Waals surface area (Å²) in [5, 5.41) is 10.1. The average Bonchev–Trinajstić information content (AvgIpc) is 2.19. The summed E-state index contributed by atoms with van der Waals surface area (Å²) in [4.78, 5) is 0. The summed E-state index contributed by atoms with van der Waals surface area (Å²) < 4.78 is 5.18. The molecule has 1 aliphatic rings. The van der Waals surface area contributed by atoms with Crippen LogP contribution in [0.2, 0.25) is 0 Å². The van der Waals surface area contributed by atoms with Crippen LogP contribution in [0, 0.1) is 6.92 Å². The zero-order chi connectivity index (χ0) is 10.0. The van der Waals surface area contributed by atoms with Gasteiger partial charge in [0.1, 0.15) is 0 Å². The van der Waals surface area contributed by atoms with E-state index in [0.29, 0.717) is 0 Å². The van der Waals surface area contributed by atoms with E-state index in [2.05, 4.69) is 0 Å². The number of hydrogen-bond acceptors (Lipinski definition) is 2. The quantitative estimate of drug-likeness (QED) is 0.732. The van der Waals surface area contributed by atoms with E-state index in [1.54, 1.807) is 18.2 Å². The van der Waals surface area contributed by atoms with E-state index in [0.717, 1.165) is 11.1 Å². The van der Waals surface area contributed by atoms with Crippen LogP contribution in [0.5, 0.6) is 0 Å². The highest BCUT2D eigenvalue weighted by Crippen LogP contribution is 2.26. The van der Waals surface area contributed by atoms with Crippen LogP contribution >= 0.6 is 0 Å². The zero-order valence-corrected chi connectivity index (χ0v) is 7.97. The minimum atomic E-state index is -1.30. The van der Waals surface area contributed by atoms with Gasteiger partial charge in [0.05, 0.1) is 6.26 Å². The fourth-order valence-electron chi connectivity index (χ4n) is 1.37. The summed E-state index contributed by atoms with van der Waals surface area (Å²) in [5.74, 6) is -1.30. The van der Waals surface area contributed by atoms with Crippen molar-refractivity contribution >= 4 is 0 Å². The smallest absolute Gasteiger partial charge is 0.254 e. The molecule has 1 atom stereocenters. The SMILES string of the molecule is Cc1ccc(C2(O)C=CC=CO2)cc1. The maximum Gasteiger partial charge on any atom is 0.254 e. The Morgan fingerprint density at radius 3 is 2.43 bits per heavy atom. The van der Waals surface area contributed by atoms with Crippen LogP contribution in [0.3, 0.4) is 0 Å². The highest BCUT2D eigenvalue weighted by molar-refractivity contribution is 5.30. The van der Waals surface area contributed by atoms with E-state index in [1.165, 1.54) is 6.26 Å². The van der Waals surface area contributed by atoms with Crippen molar-refractivity contribution in [3.63, 3.8) is 0 Å². The molecule has 0 radical (unpaired) electrons. The lowest BCUT2D eigenvalue weighted by atomic mass is 10.0. The van der Waals surface area contributed by atoms with Crippen LogP contribution in [-0.2, 0) is 10.5 Å². The molecule has 2 heteroatoms. The third kappa shape index (κ3) is 1.56. The Kier molecular flexibility index (Phi) is 2.14. The molecule has 0 bridgehead atoms.